The molecule has 3 rings (SSSR count). The van der Waals surface area contributed by atoms with E-state index in [9.17, 15) is 9.90 Å². The Balaban J connectivity index is 1.84. The van der Waals surface area contributed by atoms with Crippen LogP contribution in [0.5, 0.6) is 5.75 Å². The number of likely N-dealkylation sites (tertiary alicyclic amines) is 1. The Hall–Kier alpha value is -1.59. The van der Waals surface area contributed by atoms with E-state index >= 15 is 0 Å². The number of nitrogens with two attached hydrogens (primary N) is 1. The molecule has 1 saturated heterocycles. The molecule has 1 aliphatic carbocycles. The van der Waals surface area contributed by atoms with Crippen LogP contribution in [0.2, 0.25) is 0 Å². The predicted molar refractivity (Wildman–Crippen MR) is 107 cm³/mol. The van der Waals surface area contributed by atoms with E-state index in [2.05, 4.69) is 44.7 Å². The molecule has 0 spiro atoms. The topological polar surface area (TPSA) is 75.8 Å². The average Bonchev–Trinajstić information content (AvgIpc) is 2.88. The summed E-state index contributed by atoms with van der Waals surface area (Å²) in [6, 6.07) is 6.75. The quantitative estimate of drug-likeness (QED) is 0.831. The van der Waals surface area contributed by atoms with Gasteiger partial charge in [-0.25, -0.2) is 0 Å². The minimum Gasteiger partial charge on any atom is -0.483 e. The molecule has 2 aliphatic rings. The van der Waals surface area contributed by atoms with Gasteiger partial charge in [0.15, 0.2) is 6.61 Å². The molecule has 27 heavy (non-hydrogen) atoms. The van der Waals surface area contributed by atoms with Crippen LogP contribution >= 0.6 is 0 Å². The molecular weight excluding hydrogens is 340 g/mol. The third kappa shape index (κ3) is 4.46. The van der Waals surface area contributed by atoms with Crippen molar-refractivity contribution in [1.82, 2.24) is 4.90 Å². The Morgan fingerprint density at radius 3 is 2.78 bits per heavy atom. The number of carbonyl (C=O) groups excluding carboxylic acids is 1. The zero-order valence-corrected chi connectivity index (χ0v) is 17.1. The van der Waals surface area contributed by atoms with Crippen molar-refractivity contribution in [3.63, 3.8) is 0 Å². The van der Waals surface area contributed by atoms with Crippen molar-refractivity contribution in [3.8, 4) is 5.75 Å². The van der Waals surface area contributed by atoms with Gasteiger partial charge in [-0.05, 0) is 54.7 Å². The van der Waals surface area contributed by atoms with Crippen molar-refractivity contribution in [2.75, 3.05) is 13.2 Å². The normalized spacial score (nSPS) is 28.8. The van der Waals surface area contributed by atoms with E-state index in [-0.39, 0.29) is 23.5 Å². The standard InChI is InChI=1S/C22H34N2O3/c1-21(2,3)16-5-7-18(27-14-20(23)26)15(11-16)13-24-10-9-22(4)12-17(25)6-8-19(22)24/h5,7,11,17,19,25H,6,8-10,12-14H2,1-4H3,(H2,23,26)/t17-,19-,22+/m1/s1. The van der Waals surface area contributed by atoms with Crippen molar-refractivity contribution in [2.24, 2.45) is 11.1 Å². The maximum absolute atomic E-state index is 11.2. The summed E-state index contributed by atoms with van der Waals surface area (Å²) in [7, 11) is 0. The third-order valence-electron chi connectivity index (χ3n) is 6.36. The first kappa shape index (κ1) is 20.2. The molecule has 150 valence electrons. The Morgan fingerprint density at radius 1 is 1.37 bits per heavy atom. The van der Waals surface area contributed by atoms with E-state index in [0.29, 0.717) is 6.04 Å². The maximum atomic E-state index is 11.2. The molecule has 0 unspecified atom stereocenters. The largest absolute Gasteiger partial charge is 0.483 e. The van der Waals surface area contributed by atoms with Crippen LogP contribution in [-0.2, 0) is 16.8 Å². The second-order valence-electron chi connectivity index (χ2n) is 9.65. The average molecular weight is 375 g/mol. The molecule has 3 atom stereocenters. The van der Waals surface area contributed by atoms with Gasteiger partial charge in [-0.2, -0.15) is 0 Å². The molecular formula is C22H34N2O3. The number of fused-ring (bicyclic) bond motifs is 1. The molecule has 0 aromatic heterocycles. The van der Waals surface area contributed by atoms with Crippen molar-refractivity contribution in [1.29, 1.82) is 0 Å². The van der Waals surface area contributed by atoms with E-state index in [1.807, 2.05) is 6.07 Å². The van der Waals surface area contributed by atoms with Gasteiger partial charge in [-0.15, -0.1) is 0 Å². The Bertz CT molecular complexity index is 697. The summed E-state index contributed by atoms with van der Waals surface area (Å²) in [6.07, 6.45) is 3.76. The minimum absolute atomic E-state index is 0.0471. The fourth-order valence-electron chi connectivity index (χ4n) is 4.79. The molecule has 1 aromatic carbocycles. The third-order valence-corrected chi connectivity index (χ3v) is 6.36. The van der Waals surface area contributed by atoms with Crippen molar-refractivity contribution in [3.05, 3.63) is 29.3 Å². The van der Waals surface area contributed by atoms with Crippen LogP contribution in [0.4, 0.5) is 0 Å². The lowest BCUT2D eigenvalue weighted by atomic mass is 9.71. The number of hydrogen-bond acceptors (Lipinski definition) is 4. The first-order valence-electron chi connectivity index (χ1n) is 10.1. The molecule has 3 N–H and O–H groups in total. The zero-order chi connectivity index (χ0) is 19.8. The molecule has 0 bridgehead atoms. The second-order valence-corrected chi connectivity index (χ2v) is 9.65. The molecule has 1 heterocycles. The van der Waals surface area contributed by atoms with Crippen LogP contribution in [0, 0.1) is 5.41 Å². The number of aliphatic hydroxyl groups excluding tert-OH is 1. The van der Waals surface area contributed by atoms with Crippen LogP contribution in [0.1, 0.15) is 64.5 Å². The highest BCUT2D eigenvalue weighted by atomic mass is 16.5. The van der Waals surface area contributed by atoms with Crippen LogP contribution in [0.15, 0.2) is 18.2 Å². The smallest absolute Gasteiger partial charge is 0.255 e. The number of amides is 1. The maximum Gasteiger partial charge on any atom is 0.255 e. The summed E-state index contributed by atoms with van der Waals surface area (Å²) in [5.41, 5.74) is 7.87. The van der Waals surface area contributed by atoms with E-state index in [1.165, 1.54) is 5.56 Å². The number of primary amides is 1. The van der Waals surface area contributed by atoms with Gasteiger partial charge >= 0.3 is 0 Å². The Morgan fingerprint density at radius 2 is 2.11 bits per heavy atom. The Kier molecular flexibility index (Phi) is 5.55. The van der Waals surface area contributed by atoms with Gasteiger partial charge in [0.1, 0.15) is 5.75 Å². The van der Waals surface area contributed by atoms with Crippen molar-refractivity contribution < 1.29 is 14.6 Å². The summed E-state index contributed by atoms with van der Waals surface area (Å²) in [5.74, 6) is 0.280. The molecule has 1 saturated carbocycles. The summed E-state index contributed by atoms with van der Waals surface area (Å²) >= 11 is 0. The SMILES string of the molecule is CC(C)(C)c1ccc(OCC(N)=O)c(CN2CC[C@@]3(C)C[C@H](O)CC[C@@H]23)c1. The molecule has 5 nitrogen and oxygen atoms in total. The molecule has 0 radical (unpaired) electrons. The monoisotopic (exact) mass is 374 g/mol. The Labute approximate surface area is 162 Å². The number of hydrogen-bond donors (Lipinski definition) is 2. The van der Waals surface area contributed by atoms with Crippen LogP contribution in [0.3, 0.4) is 0 Å². The van der Waals surface area contributed by atoms with Crippen molar-refractivity contribution >= 4 is 5.91 Å². The number of ether oxygens (including phenoxy) is 1. The molecule has 1 amide bonds. The van der Waals surface area contributed by atoms with Gasteiger partial charge < -0.3 is 15.6 Å². The van der Waals surface area contributed by atoms with E-state index in [0.717, 1.165) is 50.1 Å². The lowest BCUT2D eigenvalue weighted by Gasteiger charge is -2.41. The highest BCUT2D eigenvalue weighted by Crippen LogP contribution is 2.47. The van der Waals surface area contributed by atoms with Crippen LogP contribution in [0.25, 0.3) is 0 Å². The van der Waals surface area contributed by atoms with Crippen LogP contribution < -0.4 is 10.5 Å². The first-order chi connectivity index (χ1) is 12.6. The highest BCUT2D eigenvalue weighted by Gasteiger charge is 2.47. The van der Waals surface area contributed by atoms with Crippen LogP contribution in [-0.4, -0.2) is 41.2 Å². The van der Waals surface area contributed by atoms with Crippen molar-refractivity contribution in [2.45, 2.75) is 77.5 Å². The zero-order valence-electron chi connectivity index (χ0n) is 17.1. The molecule has 2 fully saturated rings. The fraction of sp³-hybridized carbons (Fsp3) is 0.682. The summed E-state index contributed by atoms with van der Waals surface area (Å²) in [5, 5.41) is 10.1. The summed E-state index contributed by atoms with van der Waals surface area (Å²) in [6.45, 7) is 10.6. The first-order valence-corrected chi connectivity index (χ1v) is 10.1. The predicted octanol–water partition coefficient (Wildman–Crippen LogP) is 2.97. The van der Waals surface area contributed by atoms with Gasteiger partial charge in [0.2, 0.25) is 0 Å². The van der Waals surface area contributed by atoms with E-state index in [4.69, 9.17) is 10.5 Å². The summed E-state index contributed by atoms with van der Waals surface area (Å²) < 4.78 is 5.71. The lowest BCUT2D eigenvalue weighted by Crippen LogP contribution is -2.43. The van der Waals surface area contributed by atoms with Gasteiger partial charge in [0.05, 0.1) is 6.10 Å². The number of benzene rings is 1. The van der Waals surface area contributed by atoms with E-state index in [1.54, 1.807) is 0 Å². The van der Waals surface area contributed by atoms with E-state index < -0.39 is 5.91 Å². The lowest BCUT2D eigenvalue weighted by molar-refractivity contribution is -0.119. The van der Waals surface area contributed by atoms with Gasteiger partial charge in [-0.1, -0.05) is 39.8 Å². The number of aliphatic hydroxyl groups is 1. The molecule has 1 aliphatic heterocycles. The number of rotatable bonds is 5. The molecule has 1 aromatic rings. The molecule has 5 heteroatoms. The number of nitrogens with zero attached hydrogens (tertiary/aromatic N) is 1. The minimum atomic E-state index is -0.462. The number of carbonyl (C=O) groups is 1. The summed E-state index contributed by atoms with van der Waals surface area (Å²) in [4.78, 5) is 13.7. The second kappa shape index (κ2) is 7.44. The van der Waals surface area contributed by atoms with Gasteiger partial charge in [0.25, 0.3) is 5.91 Å². The van der Waals surface area contributed by atoms with Gasteiger partial charge in [0, 0.05) is 18.2 Å². The fourth-order valence-corrected chi connectivity index (χ4v) is 4.79. The highest BCUT2D eigenvalue weighted by molar-refractivity contribution is 5.75. The van der Waals surface area contributed by atoms with Gasteiger partial charge in [-0.3, -0.25) is 9.69 Å².